The molecule has 1 aromatic carbocycles. The van der Waals surface area contributed by atoms with E-state index >= 15 is 0 Å². The van der Waals surface area contributed by atoms with E-state index in [2.05, 4.69) is 9.80 Å². The highest BCUT2D eigenvalue weighted by Gasteiger charge is 2.27. The van der Waals surface area contributed by atoms with Crippen LogP contribution in [0.25, 0.3) is 11.0 Å². The second kappa shape index (κ2) is 7.69. The van der Waals surface area contributed by atoms with E-state index in [1.165, 1.54) is 0 Å². The number of fused-ring (bicyclic) bond motifs is 1. The molecule has 2 aromatic rings. The molecule has 0 amide bonds. The lowest BCUT2D eigenvalue weighted by Gasteiger charge is -2.37. The third kappa shape index (κ3) is 3.67. The van der Waals surface area contributed by atoms with E-state index in [4.69, 9.17) is 20.8 Å². The van der Waals surface area contributed by atoms with Gasteiger partial charge in [0.05, 0.1) is 6.61 Å². The van der Waals surface area contributed by atoms with Crippen molar-refractivity contribution in [3.63, 3.8) is 0 Å². The zero-order valence-corrected chi connectivity index (χ0v) is 15.9. The summed E-state index contributed by atoms with van der Waals surface area (Å²) in [5.74, 6) is 0. The van der Waals surface area contributed by atoms with E-state index in [0.29, 0.717) is 11.6 Å². The van der Waals surface area contributed by atoms with Gasteiger partial charge < -0.3 is 9.15 Å². The van der Waals surface area contributed by atoms with Crippen molar-refractivity contribution in [1.29, 1.82) is 0 Å². The summed E-state index contributed by atoms with van der Waals surface area (Å²) >= 11 is 6.40. The van der Waals surface area contributed by atoms with Gasteiger partial charge in [-0.3, -0.25) is 9.80 Å². The molecule has 0 spiro atoms. The van der Waals surface area contributed by atoms with Crippen LogP contribution in [-0.4, -0.2) is 55.2 Å². The van der Waals surface area contributed by atoms with Gasteiger partial charge in [0.1, 0.15) is 5.58 Å². The van der Waals surface area contributed by atoms with Crippen LogP contribution in [0.1, 0.15) is 24.5 Å². The quantitative estimate of drug-likeness (QED) is 0.768. The van der Waals surface area contributed by atoms with Crippen LogP contribution < -0.4 is 5.63 Å². The number of halogens is 1. The predicted octanol–water partition coefficient (Wildman–Crippen LogP) is 2.92. The van der Waals surface area contributed by atoms with E-state index in [0.717, 1.165) is 80.3 Å². The third-order valence-corrected chi connectivity index (χ3v) is 5.95. The minimum absolute atomic E-state index is 0.293. The van der Waals surface area contributed by atoms with E-state index in [1.54, 1.807) is 6.07 Å². The van der Waals surface area contributed by atoms with Crippen LogP contribution in [0, 0.1) is 0 Å². The third-order valence-electron chi connectivity index (χ3n) is 5.60. The van der Waals surface area contributed by atoms with E-state index in [-0.39, 0.29) is 5.63 Å². The molecular formula is C20H25ClN2O3. The van der Waals surface area contributed by atoms with Gasteiger partial charge >= 0.3 is 5.63 Å². The Labute approximate surface area is 158 Å². The molecule has 0 bridgehead atoms. The fourth-order valence-corrected chi connectivity index (χ4v) is 4.33. The van der Waals surface area contributed by atoms with Gasteiger partial charge in [0.2, 0.25) is 0 Å². The number of ether oxygens (including phenoxy) is 1. The van der Waals surface area contributed by atoms with Gasteiger partial charge in [-0.1, -0.05) is 18.5 Å². The molecule has 1 atom stereocenters. The molecule has 0 aliphatic carbocycles. The molecule has 5 nitrogen and oxygen atoms in total. The molecule has 2 saturated heterocycles. The Morgan fingerprint density at radius 3 is 2.65 bits per heavy atom. The second-order valence-electron chi connectivity index (χ2n) is 7.21. The Morgan fingerprint density at radius 1 is 1.15 bits per heavy atom. The smallest absolute Gasteiger partial charge is 0.336 e. The lowest BCUT2D eigenvalue weighted by molar-refractivity contribution is 0.0816. The van der Waals surface area contributed by atoms with Crippen molar-refractivity contribution in [2.75, 3.05) is 39.4 Å². The number of piperazine rings is 1. The van der Waals surface area contributed by atoms with Gasteiger partial charge in [0, 0.05) is 61.8 Å². The Kier molecular flexibility index (Phi) is 5.32. The van der Waals surface area contributed by atoms with E-state index < -0.39 is 0 Å². The largest absolute Gasteiger partial charge is 0.423 e. The van der Waals surface area contributed by atoms with Gasteiger partial charge in [0.25, 0.3) is 0 Å². The number of benzene rings is 1. The average Bonchev–Trinajstić information content (AvgIpc) is 3.17. The molecule has 0 radical (unpaired) electrons. The first-order chi connectivity index (χ1) is 12.6. The first kappa shape index (κ1) is 18.0. The van der Waals surface area contributed by atoms with Crippen molar-refractivity contribution in [2.24, 2.45) is 0 Å². The monoisotopic (exact) mass is 376 g/mol. The number of hydrogen-bond acceptors (Lipinski definition) is 5. The minimum atomic E-state index is -0.293. The molecule has 0 N–H and O–H groups in total. The Balaban J connectivity index is 1.52. The van der Waals surface area contributed by atoms with Crippen LogP contribution >= 0.6 is 11.6 Å². The standard InChI is InChI=1S/C20H25ClN2O3/c1-2-14-9-19-17(11-18(14)21)15(10-20(24)26-19)12-22-4-6-23(7-5-22)16-3-8-25-13-16/h9-11,16H,2-8,12-13H2,1H3/t16-/m0/s1. The fourth-order valence-electron chi connectivity index (χ4n) is 4.03. The predicted molar refractivity (Wildman–Crippen MR) is 103 cm³/mol. The molecule has 26 heavy (non-hydrogen) atoms. The summed E-state index contributed by atoms with van der Waals surface area (Å²) in [6.45, 7) is 8.64. The van der Waals surface area contributed by atoms with Crippen LogP contribution in [0.4, 0.5) is 0 Å². The molecule has 2 fully saturated rings. The Bertz CT molecular complexity index is 837. The Hall–Kier alpha value is -1.40. The molecule has 0 unspecified atom stereocenters. The van der Waals surface area contributed by atoms with Crippen LogP contribution in [0.2, 0.25) is 5.02 Å². The Morgan fingerprint density at radius 2 is 1.96 bits per heavy atom. The lowest BCUT2D eigenvalue weighted by Crippen LogP contribution is -2.50. The maximum atomic E-state index is 12.0. The molecule has 6 heteroatoms. The maximum Gasteiger partial charge on any atom is 0.336 e. The number of aryl methyl sites for hydroxylation is 1. The van der Waals surface area contributed by atoms with Gasteiger partial charge in [-0.25, -0.2) is 4.79 Å². The van der Waals surface area contributed by atoms with Crippen molar-refractivity contribution < 1.29 is 9.15 Å². The zero-order chi connectivity index (χ0) is 18.1. The van der Waals surface area contributed by atoms with Gasteiger partial charge in [0.15, 0.2) is 0 Å². The van der Waals surface area contributed by atoms with Crippen LogP contribution in [-0.2, 0) is 17.7 Å². The van der Waals surface area contributed by atoms with Crippen molar-refractivity contribution in [1.82, 2.24) is 9.80 Å². The molecular weight excluding hydrogens is 352 g/mol. The first-order valence-electron chi connectivity index (χ1n) is 9.43. The molecule has 4 rings (SSSR count). The minimum Gasteiger partial charge on any atom is -0.423 e. The topological polar surface area (TPSA) is 45.9 Å². The highest BCUT2D eigenvalue weighted by molar-refractivity contribution is 6.32. The molecule has 0 saturated carbocycles. The summed E-state index contributed by atoms with van der Waals surface area (Å²) in [5.41, 5.74) is 2.35. The van der Waals surface area contributed by atoms with Crippen molar-refractivity contribution in [2.45, 2.75) is 32.4 Å². The molecule has 2 aliphatic rings. The van der Waals surface area contributed by atoms with E-state index in [1.807, 2.05) is 19.1 Å². The second-order valence-corrected chi connectivity index (χ2v) is 7.62. The number of hydrogen-bond donors (Lipinski definition) is 0. The fraction of sp³-hybridized carbons (Fsp3) is 0.550. The SMILES string of the molecule is CCc1cc2oc(=O)cc(CN3CCN([C@H]4CCOC4)CC3)c2cc1Cl. The normalized spacial score (nSPS) is 22.3. The van der Waals surface area contributed by atoms with Gasteiger partial charge in [-0.05, 0) is 36.1 Å². The van der Waals surface area contributed by atoms with Crippen molar-refractivity contribution in [3.05, 3.63) is 44.8 Å². The average molecular weight is 377 g/mol. The maximum absolute atomic E-state index is 12.0. The van der Waals surface area contributed by atoms with Gasteiger partial charge in [-0.2, -0.15) is 0 Å². The number of rotatable bonds is 4. The summed E-state index contributed by atoms with van der Waals surface area (Å²) < 4.78 is 10.9. The highest BCUT2D eigenvalue weighted by Crippen LogP contribution is 2.27. The van der Waals surface area contributed by atoms with Crippen molar-refractivity contribution in [3.8, 4) is 0 Å². The summed E-state index contributed by atoms with van der Waals surface area (Å²) in [6.07, 6.45) is 1.96. The van der Waals surface area contributed by atoms with E-state index in [9.17, 15) is 4.79 Å². The molecule has 1 aromatic heterocycles. The van der Waals surface area contributed by atoms with Crippen LogP contribution in [0.5, 0.6) is 0 Å². The molecule has 140 valence electrons. The summed E-state index contributed by atoms with van der Waals surface area (Å²) in [7, 11) is 0. The number of nitrogens with zero attached hydrogens (tertiary/aromatic N) is 2. The lowest BCUT2D eigenvalue weighted by atomic mass is 10.1. The van der Waals surface area contributed by atoms with Gasteiger partial charge in [-0.15, -0.1) is 0 Å². The van der Waals surface area contributed by atoms with Crippen LogP contribution in [0.3, 0.4) is 0 Å². The summed E-state index contributed by atoms with van der Waals surface area (Å²) in [6, 6.07) is 6.04. The van der Waals surface area contributed by atoms with Crippen molar-refractivity contribution >= 4 is 22.6 Å². The molecule has 2 aliphatic heterocycles. The zero-order valence-electron chi connectivity index (χ0n) is 15.2. The summed E-state index contributed by atoms with van der Waals surface area (Å²) in [4.78, 5) is 17.0. The van der Waals surface area contributed by atoms with Crippen LogP contribution in [0.15, 0.2) is 27.4 Å². The summed E-state index contributed by atoms with van der Waals surface area (Å²) in [5, 5.41) is 1.68. The first-order valence-corrected chi connectivity index (χ1v) is 9.81. The molecule has 3 heterocycles. The highest BCUT2D eigenvalue weighted by atomic mass is 35.5.